The summed E-state index contributed by atoms with van der Waals surface area (Å²) in [6.45, 7) is 1.95. The Morgan fingerprint density at radius 3 is 2.75 bits per heavy atom. The minimum Gasteiger partial charge on any atom is -0.496 e. The van der Waals surface area contributed by atoms with E-state index in [1.807, 2.05) is 25.1 Å². The quantitative estimate of drug-likeness (QED) is 0.740. The zero-order valence-corrected chi connectivity index (χ0v) is 14.6. The summed E-state index contributed by atoms with van der Waals surface area (Å²) in [6.07, 6.45) is 1.74. The molecule has 3 aromatic rings. The van der Waals surface area contributed by atoms with E-state index < -0.39 is 0 Å². The normalized spacial score (nSPS) is 11.8. The van der Waals surface area contributed by atoms with Gasteiger partial charge in [-0.25, -0.2) is 4.98 Å². The van der Waals surface area contributed by atoms with Crippen LogP contribution in [0.2, 0.25) is 5.02 Å². The average molecular weight is 361 g/mol. The number of fused-ring (bicyclic) bond motifs is 1. The molecule has 1 aromatic heterocycles. The molecule has 0 aliphatic carbocycles. The predicted molar refractivity (Wildman–Crippen MR) is 98.8 cm³/mol. The second kappa shape index (κ2) is 6.67. The van der Waals surface area contributed by atoms with Gasteiger partial charge in [-0.2, -0.15) is 0 Å². The molecule has 3 rings (SSSR count). The molecule has 0 amide bonds. The minimum atomic E-state index is -0.260. The molecule has 4 nitrogen and oxygen atoms in total. The first-order chi connectivity index (χ1) is 11.5. The maximum absolute atomic E-state index is 12.2. The molecule has 122 valence electrons. The Morgan fingerprint density at radius 1 is 1.25 bits per heavy atom. The van der Waals surface area contributed by atoms with Crippen molar-refractivity contribution >= 4 is 45.2 Å². The van der Waals surface area contributed by atoms with E-state index in [0.717, 1.165) is 16.9 Å². The Balaban J connectivity index is 2.06. The summed E-state index contributed by atoms with van der Waals surface area (Å²) in [5, 5.41) is 1.31. The first kappa shape index (κ1) is 16.6. The van der Waals surface area contributed by atoms with Crippen LogP contribution in [0.5, 0.6) is 5.75 Å². The number of aromatic amines is 1. The number of H-pyrrole nitrogens is 1. The van der Waals surface area contributed by atoms with Crippen molar-refractivity contribution in [3.8, 4) is 5.75 Å². The van der Waals surface area contributed by atoms with Crippen molar-refractivity contribution in [2.75, 3.05) is 7.11 Å². The Morgan fingerprint density at radius 2 is 2.04 bits per heavy atom. The van der Waals surface area contributed by atoms with Crippen LogP contribution in [-0.4, -0.2) is 17.1 Å². The van der Waals surface area contributed by atoms with E-state index in [1.54, 1.807) is 31.4 Å². The van der Waals surface area contributed by atoms with Gasteiger partial charge in [0.25, 0.3) is 5.56 Å². The largest absolute Gasteiger partial charge is 0.496 e. The number of ether oxygens (including phenoxy) is 1. The standard InChI is InChI=1S/C18H14Cl2N2O2/c1-10-7-11(3-6-16(10)24-2)8-14(20)17-21-15-9-12(19)4-5-13(15)18(23)22-17/h3-9H,1-2H3,(H,21,22,23)/b14-8-. The van der Waals surface area contributed by atoms with Crippen LogP contribution in [0.25, 0.3) is 22.0 Å². The summed E-state index contributed by atoms with van der Waals surface area (Å²) in [5.74, 6) is 1.10. The van der Waals surface area contributed by atoms with Gasteiger partial charge in [0.05, 0.1) is 23.0 Å². The van der Waals surface area contributed by atoms with Gasteiger partial charge >= 0.3 is 0 Å². The van der Waals surface area contributed by atoms with Crippen molar-refractivity contribution in [3.63, 3.8) is 0 Å². The summed E-state index contributed by atoms with van der Waals surface area (Å²) in [7, 11) is 1.62. The smallest absolute Gasteiger partial charge is 0.259 e. The van der Waals surface area contributed by atoms with Crippen molar-refractivity contribution in [2.45, 2.75) is 6.92 Å². The summed E-state index contributed by atoms with van der Waals surface area (Å²) in [5.41, 5.74) is 2.11. The number of hydrogen-bond donors (Lipinski definition) is 1. The molecule has 1 heterocycles. The molecule has 0 fully saturated rings. The Hall–Kier alpha value is -2.30. The zero-order chi connectivity index (χ0) is 17.3. The van der Waals surface area contributed by atoms with Crippen molar-refractivity contribution in [3.05, 3.63) is 68.7 Å². The number of hydrogen-bond acceptors (Lipinski definition) is 3. The number of rotatable bonds is 3. The van der Waals surface area contributed by atoms with Crippen LogP contribution < -0.4 is 10.3 Å². The van der Waals surface area contributed by atoms with Crippen molar-refractivity contribution in [1.82, 2.24) is 9.97 Å². The maximum Gasteiger partial charge on any atom is 0.259 e. The molecule has 0 unspecified atom stereocenters. The van der Waals surface area contributed by atoms with Gasteiger partial charge in [0.2, 0.25) is 0 Å². The van der Waals surface area contributed by atoms with E-state index in [0.29, 0.717) is 26.8 Å². The Kier molecular flexibility index (Phi) is 4.60. The maximum atomic E-state index is 12.2. The number of benzene rings is 2. The number of aromatic nitrogens is 2. The third-order valence-electron chi connectivity index (χ3n) is 3.61. The second-order valence-electron chi connectivity index (χ2n) is 5.30. The van der Waals surface area contributed by atoms with Gasteiger partial charge in [-0.1, -0.05) is 29.3 Å². The molecule has 0 saturated heterocycles. The number of methoxy groups -OCH3 is 1. The van der Waals surface area contributed by atoms with E-state index in [1.165, 1.54) is 0 Å². The van der Waals surface area contributed by atoms with E-state index in [9.17, 15) is 4.79 Å². The van der Waals surface area contributed by atoms with Crippen molar-refractivity contribution in [1.29, 1.82) is 0 Å². The molecule has 1 N–H and O–H groups in total. The van der Waals surface area contributed by atoms with Crippen LogP contribution in [0.1, 0.15) is 17.0 Å². The number of nitrogens with one attached hydrogen (secondary N) is 1. The van der Waals surface area contributed by atoms with Crippen LogP contribution in [-0.2, 0) is 0 Å². The monoisotopic (exact) mass is 360 g/mol. The summed E-state index contributed by atoms with van der Waals surface area (Å²) in [4.78, 5) is 19.2. The molecule has 0 bridgehead atoms. The van der Waals surface area contributed by atoms with Gasteiger partial charge < -0.3 is 9.72 Å². The average Bonchev–Trinajstić information content (AvgIpc) is 2.54. The Bertz CT molecular complexity index is 1010. The van der Waals surface area contributed by atoms with E-state index in [2.05, 4.69) is 9.97 Å². The molecular weight excluding hydrogens is 347 g/mol. The van der Waals surface area contributed by atoms with E-state index in [-0.39, 0.29) is 5.56 Å². The van der Waals surface area contributed by atoms with Gasteiger partial charge in [-0.15, -0.1) is 0 Å². The third-order valence-corrected chi connectivity index (χ3v) is 4.13. The molecule has 0 atom stereocenters. The van der Waals surface area contributed by atoms with Crippen molar-refractivity contribution in [2.24, 2.45) is 0 Å². The van der Waals surface area contributed by atoms with Gasteiger partial charge in [0.1, 0.15) is 5.75 Å². The topological polar surface area (TPSA) is 55.0 Å². The van der Waals surface area contributed by atoms with Gasteiger partial charge in [-0.3, -0.25) is 4.79 Å². The molecule has 6 heteroatoms. The lowest BCUT2D eigenvalue weighted by atomic mass is 10.1. The predicted octanol–water partition coefficient (Wildman–Crippen LogP) is 4.63. The molecular formula is C18H14Cl2N2O2. The molecule has 0 saturated carbocycles. The van der Waals surface area contributed by atoms with Gasteiger partial charge in [0, 0.05) is 5.02 Å². The molecule has 0 spiro atoms. The number of aryl methyl sites for hydroxylation is 1. The third kappa shape index (κ3) is 3.30. The molecule has 0 radical (unpaired) electrons. The highest BCUT2D eigenvalue weighted by molar-refractivity contribution is 6.50. The first-order valence-corrected chi connectivity index (χ1v) is 7.95. The fourth-order valence-corrected chi connectivity index (χ4v) is 2.81. The van der Waals surface area contributed by atoms with Crippen molar-refractivity contribution < 1.29 is 4.74 Å². The van der Waals surface area contributed by atoms with Crippen LogP contribution in [0.15, 0.2) is 41.2 Å². The van der Waals surface area contributed by atoms with Crippen LogP contribution >= 0.6 is 23.2 Å². The lowest BCUT2D eigenvalue weighted by molar-refractivity contribution is 0.411. The zero-order valence-electron chi connectivity index (χ0n) is 13.1. The molecule has 2 aromatic carbocycles. The number of nitrogens with zero attached hydrogens (tertiary/aromatic N) is 1. The molecule has 0 aliphatic rings. The van der Waals surface area contributed by atoms with Crippen LogP contribution in [0, 0.1) is 6.92 Å². The van der Waals surface area contributed by atoms with Gasteiger partial charge in [0.15, 0.2) is 5.82 Å². The summed E-state index contributed by atoms with van der Waals surface area (Å²) >= 11 is 12.3. The number of halogens is 2. The van der Waals surface area contributed by atoms with Crippen LogP contribution in [0.4, 0.5) is 0 Å². The minimum absolute atomic E-state index is 0.260. The highest BCUT2D eigenvalue weighted by Crippen LogP contribution is 2.24. The lowest BCUT2D eigenvalue weighted by Crippen LogP contribution is -2.10. The highest BCUT2D eigenvalue weighted by atomic mass is 35.5. The Labute approximate surface area is 148 Å². The first-order valence-electron chi connectivity index (χ1n) is 7.20. The fraction of sp³-hybridized carbons (Fsp3) is 0.111. The molecule has 24 heavy (non-hydrogen) atoms. The van der Waals surface area contributed by atoms with Crippen LogP contribution in [0.3, 0.4) is 0 Å². The van der Waals surface area contributed by atoms with E-state index >= 15 is 0 Å². The summed E-state index contributed by atoms with van der Waals surface area (Å²) in [6, 6.07) is 10.6. The fourth-order valence-electron chi connectivity index (χ4n) is 2.43. The van der Waals surface area contributed by atoms with Gasteiger partial charge in [-0.05, 0) is 54.5 Å². The van der Waals surface area contributed by atoms with E-state index in [4.69, 9.17) is 27.9 Å². The molecule has 0 aliphatic heterocycles. The second-order valence-corrected chi connectivity index (χ2v) is 6.14. The SMILES string of the molecule is COc1ccc(/C=C(\Cl)c2nc3cc(Cl)ccc3c(=O)[nH]2)cc1C. The summed E-state index contributed by atoms with van der Waals surface area (Å²) < 4.78 is 5.24. The lowest BCUT2D eigenvalue weighted by Gasteiger charge is -2.06. The highest BCUT2D eigenvalue weighted by Gasteiger charge is 2.08.